The Bertz CT molecular complexity index is 434. The number of amides is 1. The first-order valence-electron chi connectivity index (χ1n) is 5.88. The van der Waals surface area contributed by atoms with Gasteiger partial charge in [0.15, 0.2) is 0 Å². The lowest BCUT2D eigenvalue weighted by Crippen LogP contribution is -2.58. The number of rotatable bonds is 5. The van der Waals surface area contributed by atoms with Gasteiger partial charge in [0.05, 0.1) is 25.7 Å². The molecule has 1 aromatic rings. The Hall–Kier alpha value is -1.43. The average Bonchev–Trinajstić information content (AvgIpc) is 2.37. The largest absolute Gasteiger partial charge is 0.394 e. The van der Waals surface area contributed by atoms with Crippen LogP contribution in [0.1, 0.15) is 17.0 Å². The van der Waals surface area contributed by atoms with E-state index in [0.717, 1.165) is 11.1 Å². The minimum Gasteiger partial charge on any atom is -0.394 e. The smallest absolute Gasteiger partial charge is 0.228 e. The molecule has 2 rings (SSSR count). The lowest BCUT2D eigenvalue weighted by Gasteiger charge is -2.34. The molecule has 5 nitrogen and oxygen atoms in total. The molecule has 0 fully saturated rings. The van der Waals surface area contributed by atoms with Crippen molar-refractivity contribution in [1.29, 1.82) is 0 Å². The third-order valence-electron chi connectivity index (χ3n) is 3.47. The minimum atomic E-state index is -1.35. The number of aliphatic hydroxyl groups excluding tert-OH is 3. The molecule has 0 heterocycles. The summed E-state index contributed by atoms with van der Waals surface area (Å²) < 4.78 is 0. The molecule has 0 radical (unpaired) electrons. The Morgan fingerprint density at radius 3 is 2.39 bits per heavy atom. The van der Waals surface area contributed by atoms with E-state index in [4.69, 9.17) is 15.3 Å². The molecule has 1 aromatic carbocycles. The maximum Gasteiger partial charge on any atom is 0.228 e. The van der Waals surface area contributed by atoms with Gasteiger partial charge in [-0.25, -0.2) is 0 Å². The SMILES string of the molecule is O=C(NC(CO)(CO)CO)C1Cc2ccccc21. The molecular weight excluding hydrogens is 234 g/mol. The number of benzene rings is 1. The van der Waals surface area contributed by atoms with Gasteiger partial charge in [-0.2, -0.15) is 0 Å². The standard InChI is InChI=1S/C13H17NO4/c15-6-13(7-16,8-17)14-12(18)11-5-9-3-1-2-4-10(9)11/h1-4,11,15-17H,5-8H2,(H,14,18). The summed E-state index contributed by atoms with van der Waals surface area (Å²) in [4.78, 5) is 12.0. The predicted molar refractivity (Wildman–Crippen MR) is 65.0 cm³/mol. The zero-order chi connectivity index (χ0) is 13.2. The third-order valence-corrected chi connectivity index (χ3v) is 3.47. The quantitative estimate of drug-likeness (QED) is 0.549. The molecule has 0 aromatic heterocycles. The topological polar surface area (TPSA) is 89.8 Å². The summed E-state index contributed by atoms with van der Waals surface area (Å²) in [5, 5.41) is 30.0. The molecule has 0 saturated carbocycles. The van der Waals surface area contributed by atoms with E-state index in [1.165, 1.54) is 0 Å². The van der Waals surface area contributed by atoms with Crippen molar-refractivity contribution in [1.82, 2.24) is 5.32 Å². The van der Waals surface area contributed by atoms with Gasteiger partial charge in [-0.15, -0.1) is 0 Å². The van der Waals surface area contributed by atoms with E-state index in [1.54, 1.807) is 0 Å². The van der Waals surface area contributed by atoms with Gasteiger partial charge in [-0.05, 0) is 17.5 Å². The Morgan fingerprint density at radius 2 is 1.83 bits per heavy atom. The van der Waals surface area contributed by atoms with Crippen molar-refractivity contribution in [3.63, 3.8) is 0 Å². The van der Waals surface area contributed by atoms with E-state index in [1.807, 2.05) is 24.3 Å². The molecule has 1 atom stereocenters. The van der Waals surface area contributed by atoms with Crippen LogP contribution in [0.4, 0.5) is 0 Å². The molecule has 0 spiro atoms. The predicted octanol–water partition coefficient (Wildman–Crippen LogP) is -0.842. The normalized spacial score (nSPS) is 17.8. The number of aliphatic hydroxyl groups is 3. The molecule has 98 valence electrons. The van der Waals surface area contributed by atoms with Crippen LogP contribution in [0.15, 0.2) is 24.3 Å². The second-order valence-electron chi connectivity index (χ2n) is 4.70. The zero-order valence-corrected chi connectivity index (χ0v) is 9.97. The first kappa shape index (κ1) is 13.0. The van der Waals surface area contributed by atoms with E-state index in [0.29, 0.717) is 6.42 Å². The molecule has 1 aliphatic carbocycles. The second-order valence-corrected chi connectivity index (χ2v) is 4.70. The molecule has 4 N–H and O–H groups in total. The third kappa shape index (κ3) is 2.12. The molecule has 18 heavy (non-hydrogen) atoms. The molecular formula is C13H17NO4. The zero-order valence-electron chi connectivity index (χ0n) is 9.97. The Labute approximate surface area is 105 Å². The number of carbonyl (C=O) groups is 1. The van der Waals surface area contributed by atoms with Gasteiger partial charge in [-0.1, -0.05) is 24.3 Å². The van der Waals surface area contributed by atoms with Crippen molar-refractivity contribution in [2.24, 2.45) is 0 Å². The van der Waals surface area contributed by atoms with E-state index < -0.39 is 25.4 Å². The molecule has 5 heteroatoms. The van der Waals surface area contributed by atoms with Crippen LogP contribution in [0.3, 0.4) is 0 Å². The van der Waals surface area contributed by atoms with Gasteiger partial charge in [-0.3, -0.25) is 4.79 Å². The van der Waals surface area contributed by atoms with Crippen LogP contribution >= 0.6 is 0 Å². The lowest BCUT2D eigenvalue weighted by atomic mass is 9.77. The number of fused-ring (bicyclic) bond motifs is 1. The summed E-state index contributed by atoms with van der Waals surface area (Å²) in [6.45, 7) is -1.50. The Morgan fingerprint density at radius 1 is 1.22 bits per heavy atom. The van der Waals surface area contributed by atoms with Crippen molar-refractivity contribution in [2.75, 3.05) is 19.8 Å². The number of nitrogens with one attached hydrogen (secondary N) is 1. The summed E-state index contributed by atoms with van der Waals surface area (Å²) >= 11 is 0. The summed E-state index contributed by atoms with van der Waals surface area (Å²) in [6.07, 6.45) is 0.653. The number of hydrogen-bond acceptors (Lipinski definition) is 4. The summed E-state index contributed by atoms with van der Waals surface area (Å²) in [5.41, 5.74) is 0.764. The van der Waals surface area contributed by atoms with Crippen LogP contribution in [0.25, 0.3) is 0 Å². The van der Waals surface area contributed by atoms with E-state index >= 15 is 0 Å². The van der Waals surface area contributed by atoms with E-state index in [2.05, 4.69) is 5.32 Å². The Kier molecular flexibility index (Phi) is 3.65. The second kappa shape index (κ2) is 5.06. The van der Waals surface area contributed by atoms with Crippen molar-refractivity contribution < 1.29 is 20.1 Å². The number of hydrogen-bond donors (Lipinski definition) is 4. The highest BCUT2D eigenvalue weighted by molar-refractivity contribution is 5.87. The highest BCUT2D eigenvalue weighted by Crippen LogP contribution is 2.35. The van der Waals surface area contributed by atoms with Crippen LogP contribution < -0.4 is 5.32 Å². The highest BCUT2D eigenvalue weighted by atomic mass is 16.3. The molecule has 1 unspecified atom stereocenters. The van der Waals surface area contributed by atoms with Gasteiger partial charge < -0.3 is 20.6 Å². The van der Waals surface area contributed by atoms with Crippen LogP contribution in [0.5, 0.6) is 0 Å². The molecule has 0 saturated heterocycles. The van der Waals surface area contributed by atoms with Crippen molar-refractivity contribution >= 4 is 5.91 Å². The summed E-state index contributed by atoms with van der Waals surface area (Å²) in [6, 6.07) is 7.65. The van der Waals surface area contributed by atoms with Gasteiger partial charge >= 0.3 is 0 Å². The summed E-state index contributed by atoms with van der Waals surface area (Å²) in [7, 11) is 0. The first-order chi connectivity index (χ1) is 8.65. The summed E-state index contributed by atoms with van der Waals surface area (Å²) in [5.74, 6) is -0.531. The maximum absolute atomic E-state index is 12.0. The van der Waals surface area contributed by atoms with Crippen LogP contribution in [-0.4, -0.2) is 46.6 Å². The van der Waals surface area contributed by atoms with E-state index in [9.17, 15) is 4.79 Å². The van der Waals surface area contributed by atoms with Crippen molar-refractivity contribution in [3.8, 4) is 0 Å². The van der Waals surface area contributed by atoms with Gasteiger partial charge in [0.1, 0.15) is 5.54 Å². The van der Waals surface area contributed by atoms with Crippen LogP contribution in [0.2, 0.25) is 0 Å². The van der Waals surface area contributed by atoms with Crippen LogP contribution in [0, 0.1) is 0 Å². The van der Waals surface area contributed by atoms with Gasteiger partial charge in [0.25, 0.3) is 0 Å². The fourth-order valence-electron chi connectivity index (χ4n) is 2.11. The van der Waals surface area contributed by atoms with Gasteiger partial charge in [0, 0.05) is 0 Å². The van der Waals surface area contributed by atoms with Crippen molar-refractivity contribution in [3.05, 3.63) is 35.4 Å². The van der Waals surface area contributed by atoms with E-state index in [-0.39, 0.29) is 11.8 Å². The number of carbonyl (C=O) groups excluding carboxylic acids is 1. The fourth-order valence-corrected chi connectivity index (χ4v) is 2.11. The fraction of sp³-hybridized carbons (Fsp3) is 0.462. The van der Waals surface area contributed by atoms with Gasteiger partial charge in [0.2, 0.25) is 5.91 Å². The lowest BCUT2D eigenvalue weighted by molar-refractivity contribution is -0.127. The molecule has 0 bridgehead atoms. The Balaban J connectivity index is 2.07. The molecule has 1 aliphatic rings. The monoisotopic (exact) mass is 251 g/mol. The average molecular weight is 251 g/mol. The highest BCUT2D eigenvalue weighted by Gasteiger charge is 2.37. The maximum atomic E-state index is 12.0. The molecule has 1 amide bonds. The molecule has 0 aliphatic heterocycles. The van der Waals surface area contributed by atoms with Crippen LogP contribution in [-0.2, 0) is 11.2 Å². The first-order valence-corrected chi connectivity index (χ1v) is 5.88. The van der Waals surface area contributed by atoms with Crippen molar-refractivity contribution in [2.45, 2.75) is 17.9 Å². The minimum absolute atomic E-state index is 0.259.